The highest BCUT2D eigenvalue weighted by molar-refractivity contribution is 8.00. The highest BCUT2D eigenvalue weighted by atomic mass is 32.2. The summed E-state index contributed by atoms with van der Waals surface area (Å²) in [5.74, 6) is 0. The number of aliphatic hydroxyl groups excluding tert-OH is 1. The number of hydrogen-bond acceptors (Lipinski definition) is 3. The van der Waals surface area contributed by atoms with Gasteiger partial charge >= 0.3 is 5.51 Å². The minimum atomic E-state index is -4.32. The summed E-state index contributed by atoms with van der Waals surface area (Å²) in [4.78, 5) is 0.0935. The maximum Gasteiger partial charge on any atom is 0.446 e. The monoisotopic (exact) mass is 251 g/mol. The summed E-state index contributed by atoms with van der Waals surface area (Å²) in [6, 6.07) is 5.52. The number of hydrogen-bond donors (Lipinski definition) is 2. The zero-order valence-electron chi connectivity index (χ0n) is 8.37. The molecule has 0 radical (unpaired) electrons. The van der Waals surface area contributed by atoms with Crippen LogP contribution in [-0.2, 0) is 0 Å². The third kappa shape index (κ3) is 4.03. The average molecular weight is 251 g/mol. The van der Waals surface area contributed by atoms with Crippen molar-refractivity contribution in [1.82, 2.24) is 0 Å². The molecule has 0 bridgehead atoms. The fourth-order valence-corrected chi connectivity index (χ4v) is 2.03. The summed E-state index contributed by atoms with van der Waals surface area (Å²) in [5.41, 5.74) is 1.78. The van der Waals surface area contributed by atoms with Crippen molar-refractivity contribution in [2.45, 2.75) is 22.9 Å². The lowest BCUT2D eigenvalue weighted by Crippen LogP contribution is -2.13. The third-order valence-corrected chi connectivity index (χ3v) is 2.81. The van der Waals surface area contributed by atoms with Crippen LogP contribution in [0, 0.1) is 0 Å². The predicted octanol–water partition coefficient (Wildman–Crippen LogP) is 2.68. The fourth-order valence-electron chi connectivity index (χ4n) is 1.30. The molecule has 90 valence electrons. The molecule has 0 spiro atoms. The second kappa shape index (κ2) is 5.56. The van der Waals surface area contributed by atoms with Gasteiger partial charge in [0.15, 0.2) is 0 Å². The van der Waals surface area contributed by atoms with Gasteiger partial charge in [-0.05, 0) is 29.8 Å². The average Bonchev–Trinajstić information content (AvgIpc) is 2.16. The molecule has 2 nitrogen and oxygen atoms in total. The summed E-state index contributed by atoms with van der Waals surface area (Å²) < 4.78 is 36.7. The van der Waals surface area contributed by atoms with Crippen LogP contribution in [0.25, 0.3) is 0 Å². The van der Waals surface area contributed by atoms with Crippen LogP contribution in [0.3, 0.4) is 0 Å². The van der Waals surface area contributed by atoms with E-state index in [2.05, 4.69) is 0 Å². The van der Waals surface area contributed by atoms with Gasteiger partial charge in [0, 0.05) is 17.5 Å². The molecule has 1 aromatic carbocycles. The van der Waals surface area contributed by atoms with Gasteiger partial charge in [-0.1, -0.05) is 18.2 Å². The Balaban J connectivity index is 2.91. The van der Waals surface area contributed by atoms with Crippen molar-refractivity contribution < 1.29 is 18.3 Å². The van der Waals surface area contributed by atoms with E-state index < -0.39 is 11.6 Å². The molecule has 0 saturated carbocycles. The standard InChI is InChI=1S/C10H12F3NOS/c11-10(12,13)16-9-4-2-1-3-7(9)8(14)5-6-15/h1-4,8,15H,5-6,14H2/t8-/m0/s1. The van der Waals surface area contributed by atoms with Crippen molar-refractivity contribution in [1.29, 1.82) is 0 Å². The van der Waals surface area contributed by atoms with Gasteiger partial charge in [-0.2, -0.15) is 13.2 Å². The Morgan fingerprint density at radius 2 is 1.94 bits per heavy atom. The molecule has 0 aliphatic carbocycles. The molecule has 0 heterocycles. The highest BCUT2D eigenvalue weighted by Crippen LogP contribution is 2.39. The van der Waals surface area contributed by atoms with Gasteiger partial charge in [-0.15, -0.1) is 0 Å². The number of halogens is 3. The smallest absolute Gasteiger partial charge is 0.396 e. The van der Waals surface area contributed by atoms with Crippen LogP contribution < -0.4 is 5.73 Å². The van der Waals surface area contributed by atoms with E-state index >= 15 is 0 Å². The minimum Gasteiger partial charge on any atom is -0.396 e. The molecule has 1 aromatic rings. The van der Waals surface area contributed by atoms with Crippen molar-refractivity contribution in [3.05, 3.63) is 29.8 Å². The van der Waals surface area contributed by atoms with Gasteiger partial charge in [-0.3, -0.25) is 0 Å². The van der Waals surface area contributed by atoms with Crippen LogP contribution in [0.15, 0.2) is 29.2 Å². The number of aliphatic hydroxyl groups is 1. The quantitative estimate of drug-likeness (QED) is 0.809. The molecular weight excluding hydrogens is 239 g/mol. The summed E-state index contributed by atoms with van der Waals surface area (Å²) in [6.45, 7) is -0.147. The van der Waals surface area contributed by atoms with E-state index in [1.54, 1.807) is 12.1 Å². The first kappa shape index (κ1) is 13.3. The Kier molecular flexibility index (Phi) is 4.64. The van der Waals surface area contributed by atoms with Gasteiger partial charge < -0.3 is 10.8 Å². The van der Waals surface area contributed by atoms with E-state index in [1.807, 2.05) is 0 Å². The first-order chi connectivity index (χ1) is 7.44. The lowest BCUT2D eigenvalue weighted by atomic mass is 10.1. The summed E-state index contributed by atoms with van der Waals surface area (Å²) in [5, 5.41) is 8.71. The predicted molar refractivity (Wildman–Crippen MR) is 57.0 cm³/mol. The van der Waals surface area contributed by atoms with Crippen LogP contribution >= 0.6 is 11.8 Å². The zero-order valence-corrected chi connectivity index (χ0v) is 9.18. The molecule has 6 heteroatoms. The van der Waals surface area contributed by atoms with Crippen LogP contribution in [0.5, 0.6) is 0 Å². The van der Waals surface area contributed by atoms with E-state index in [1.165, 1.54) is 12.1 Å². The van der Waals surface area contributed by atoms with Crippen molar-refractivity contribution in [3.63, 3.8) is 0 Å². The topological polar surface area (TPSA) is 46.2 Å². The fraction of sp³-hybridized carbons (Fsp3) is 0.400. The third-order valence-electron chi connectivity index (χ3n) is 1.98. The van der Waals surface area contributed by atoms with E-state index in [9.17, 15) is 13.2 Å². The largest absolute Gasteiger partial charge is 0.446 e. The summed E-state index contributed by atoms with van der Waals surface area (Å²) in [7, 11) is 0. The summed E-state index contributed by atoms with van der Waals surface area (Å²) >= 11 is -0.180. The number of alkyl halides is 3. The maximum absolute atomic E-state index is 12.2. The van der Waals surface area contributed by atoms with Crippen LogP contribution in [0.4, 0.5) is 13.2 Å². The van der Waals surface area contributed by atoms with E-state index in [0.717, 1.165) is 0 Å². The lowest BCUT2D eigenvalue weighted by Gasteiger charge is -2.15. The normalized spacial score (nSPS) is 13.8. The minimum absolute atomic E-state index is 0.0935. The Labute approximate surface area is 95.6 Å². The van der Waals surface area contributed by atoms with E-state index in [4.69, 9.17) is 10.8 Å². The zero-order chi connectivity index (χ0) is 12.2. The first-order valence-corrected chi connectivity index (χ1v) is 5.47. The Hall–Kier alpha value is -0.720. The molecule has 0 amide bonds. The van der Waals surface area contributed by atoms with E-state index in [-0.39, 0.29) is 29.7 Å². The molecule has 0 aliphatic rings. The number of benzene rings is 1. The van der Waals surface area contributed by atoms with Gasteiger partial charge in [0.2, 0.25) is 0 Å². The number of thioether (sulfide) groups is 1. The first-order valence-electron chi connectivity index (χ1n) is 4.65. The van der Waals surface area contributed by atoms with Crippen molar-refractivity contribution in [3.8, 4) is 0 Å². The number of nitrogens with two attached hydrogens (primary N) is 1. The SMILES string of the molecule is N[C@@H](CCO)c1ccccc1SC(F)(F)F. The molecule has 1 atom stereocenters. The van der Waals surface area contributed by atoms with Crippen LogP contribution in [-0.4, -0.2) is 17.2 Å². The van der Waals surface area contributed by atoms with Gasteiger partial charge in [-0.25, -0.2) is 0 Å². The molecule has 0 aliphatic heterocycles. The van der Waals surface area contributed by atoms with Gasteiger partial charge in [0.25, 0.3) is 0 Å². The second-order valence-electron chi connectivity index (χ2n) is 3.20. The van der Waals surface area contributed by atoms with E-state index in [0.29, 0.717) is 5.56 Å². The lowest BCUT2D eigenvalue weighted by molar-refractivity contribution is -0.0328. The molecule has 16 heavy (non-hydrogen) atoms. The highest BCUT2D eigenvalue weighted by Gasteiger charge is 2.30. The van der Waals surface area contributed by atoms with Crippen molar-refractivity contribution >= 4 is 11.8 Å². The number of rotatable bonds is 4. The second-order valence-corrected chi connectivity index (χ2v) is 4.31. The summed E-state index contributed by atoms with van der Waals surface area (Å²) in [6.07, 6.45) is 0.245. The Morgan fingerprint density at radius 1 is 1.31 bits per heavy atom. The Bertz CT molecular complexity index is 343. The van der Waals surface area contributed by atoms with Crippen molar-refractivity contribution in [2.24, 2.45) is 5.73 Å². The molecule has 0 fully saturated rings. The molecule has 0 aromatic heterocycles. The molecule has 0 saturated heterocycles. The Morgan fingerprint density at radius 3 is 2.50 bits per heavy atom. The van der Waals surface area contributed by atoms with Crippen LogP contribution in [0.1, 0.15) is 18.0 Å². The molecule has 3 N–H and O–H groups in total. The maximum atomic E-state index is 12.2. The van der Waals surface area contributed by atoms with Crippen LogP contribution in [0.2, 0.25) is 0 Å². The molecule has 0 unspecified atom stereocenters. The van der Waals surface area contributed by atoms with Crippen molar-refractivity contribution in [2.75, 3.05) is 6.61 Å². The molecule has 1 rings (SSSR count). The van der Waals surface area contributed by atoms with Gasteiger partial charge in [0.05, 0.1) is 0 Å². The molecular formula is C10H12F3NOS. The van der Waals surface area contributed by atoms with Gasteiger partial charge in [0.1, 0.15) is 0 Å².